The molecule has 14 nitrogen and oxygen atoms in total. The molecule has 4 amide bonds. The number of amides is 4. The molecule has 1 saturated heterocycles. The van der Waals surface area contributed by atoms with Crippen molar-refractivity contribution >= 4 is 46.9 Å². The van der Waals surface area contributed by atoms with Gasteiger partial charge in [0.2, 0.25) is 5.95 Å². The lowest BCUT2D eigenvalue weighted by Gasteiger charge is -2.37. The number of carbonyl (C=O) groups is 3. The van der Waals surface area contributed by atoms with Crippen LogP contribution >= 0.6 is 0 Å². The Morgan fingerprint density at radius 2 is 1.70 bits per heavy atom. The Bertz CT molecular complexity index is 1860. The summed E-state index contributed by atoms with van der Waals surface area (Å²) in [6, 6.07) is 17.2. The van der Waals surface area contributed by atoms with E-state index in [0.717, 1.165) is 25.2 Å². The average Bonchev–Trinajstić information content (AvgIpc) is 3.61. The molecule has 0 spiro atoms. The smallest absolute Gasteiger partial charge is 0.412 e. The van der Waals surface area contributed by atoms with E-state index in [1.54, 1.807) is 87.4 Å². The first kappa shape index (κ1) is 34.1. The molecule has 260 valence electrons. The first-order chi connectivity index (χ1) is 24.0. The fourth-order valence-electron chi connectivity index (χ4n) is 5.69. The minimum atomic E-state index is -0.662. The summed E-state index contributed by atoms with van der Waals surface area (Å²) in [5, 5.41) is 8.54. The average molecular weight is 680 g/mol. The third-order valence-corrected chi connectivity index (χ3v) is 8.05. The third-order valence-electron chi connectivity index (χ3n) is 8.05. The van der Waals surface area contributed by atoms with Crippen LogP contribution in [0.25, 0.3) is 0 Å². The van der Waals surface area contributed by atoms with E-state index in [1.807, 2.05) is 17.0 Å². The van der Waals surface area contributed by atoms with Crippen LogP contribution in [0.1, 0.15) is 49.7 Å². The topological polar surface area (TPSA) is 154 Å². The number of benzene rings is 2. The van der Waals surface area contributed by atoms with Crippen molar-refractivity contribution in [1.29, 1.82) is 0 Å². The molecule has 0 bridgehead atoms. The van der Waals surface area contributed by atoms with E-state index in [-0.39, 0.29) is 17.6 Å². The van der Waals surface area contributed by atoms with Crippen LogP contribution in [0.5, 0.6) is 11.5 Å². The summed E-state index contributed by atoms with van der Waals surface area (Å²) in [6.45, 7) is 9.18. The fourth-order valence-corrected chi connectivity index (χ4v) is 5.69. The van der Waals surface area contributed by atoms with Gasteiger partial charge in [0.1, 0.15) is 22.8 Å². The SMILES string of the molecule is CNC(=O)c1cc(Oc2ccc(Nc3ncc4c(n3)N(c3cccc(NC(=O)OC(C)(C)C)c3)C(=O)N(CCN3CCCC3)C4)cc2)ccn1. The first-order valence-electron chi connectivity index (χ1n) is 16.5. The molecule has 0 aliphatic carbocycles. The van der Waals surface area contributed by atoms with Crippen molar-refractivity contribution in [3.8, 4) is 11.5 Å². The number of nitrogens with zero attached hydrogens (tertiary/aromatic N) is 6. The van der Waals surface area contributed by atoms with Gasteiger partial charge in [-0.25, -0.2) is 19.5 Å². The number of fused-ring (bicyclic) bond motifs is 1. The van der Waals surface area contributed by atoms with E-state index < -0.39 is 11.7 Å². The molecule has 3 N–H and O–H groups in total. The van der Waals surface area contributed by atoms with Crippen molar-refractivity contribution < 1.29 is 23.9 Å². The Kier molecular flexibility index (Phi) is 10.1. The molecule has 1 fully saturated rings. The summed E-state index contributed by atoms with van der Waals surface area (Å²) in [5.41, 5.74) is 2.09. The standard InChI is InChI=1S/C36H41N9O5/c1-36(2,3)50-34(47)41-26-8-7-9-27(20-26)45-31-24(23-44(35(45)48)19-18-43-16-5-6-17-43)22-39-33(42-31)40-25-10-12-28(13-11-25)49-29-14-15-38-30(21-29)32(46)37-4/h7-15,20-22H,5-6,16-19,23H2,1-4H3,(H,37,46)(H,41,47)(H,39,40,42). The van der Waals surface area contributed by atoms with Gasteiger partial charge in [0.15, 0.2) is 5.82 Å². The number of rotatable bonds is 10. The predicted molar refractivity (Wildman–Crippen MR) is 189 cm³/mol. The van der Waals surface area contributed by atoms with E-state index in [0.29, 0.717) is 53.4 Å². The number of anilines is 5. The Morgan fingerprint density at radius 1 is 0.920 bits per heavy atom. The van der Waals surface area contributed by atoms with Gasteiger partial charge in [0, 0.05) is 55.5 Å². The Labute approximate surface area is 290 Å². The van der Waals surface area contributed by atoms with Gasteiger partial charge in [-0.05, 0) is 95.2 Å². The molecule has 2 aromatic heterocycles. The van der Waals surface area contributed by atoms with E-state index in [9.17, 15) is 14.4 Å². The monoisotopic (exact) mass is 679 g/mol. The third kappa shape index (κ3) is 8.44. The van der Waals surface area contributed by atoms with Crippen molar-refractivity contribution in [2.24, 2.45) is 0 Å². The molecule has 50 heavy (non-hydrogen) atoms. The van der Waals surface area contributed by atoms with E-state index >= 15 is 0 Å². The minimum absolute atomic E-state index is 0.215. The molecule has 0 saturated carbocycles. The summed E-state index contributed by atoms with van der Waals surface area (Å²) >= 11 is 0. The number of pyridine rings is 1. The zero-order valence-electron chi connectivity index (χ0n) is 28.6. The molecule has 2 aliphatic heterocycles. The summed E-state index contributed by atoms with van der Waals surface area (Å²) in [4.78, 5) is 57.8. The Hall–Kier alpha value is -5.76. The van der Waals surface area contributed by atoms with Crippen molar-refractivity contribution in [2.75, 3.05) is 48.8 Å². The van der Waals surface area contributed by atoms with Gasteiger partial charge in [-0.15, -0.1) is 0 Å². The Balaban J connectivity index is 1.23. The summed E-state index contributed by atoms with van der Waals surface area (Å²) < 4.78 is 11.4. The number of ether oxygens (including phenoxy) is 2. The van der Waals surface area contributed by atoms with Crippen LogP contribution in [-0.4, -0.2) is 81.6 Å². The molecule has 4 heterocycles. The molecule has 2 aliphatic rings. The van der Waals surface area contributed by atoms with Gasteiger partial charge in [-0.3, -0.25) is 15.1 Å². The highest BCUT2D eigenvalue weighted by Crippen LogP contribution is 2.35. The van der Waals surface area contributed by atoms with Gasteiger partial charge in [0.05, 0.1) is 12.2 Å². The molecule has 0 radical (unpaired) electrons. The fraction of sp³-hybridized carbons (Fsp3) is 0.333. The van der Waals surface area contributed by atoms with Crippen molar-refractivity contribution in [1.82, 2.24) is 30.1 Å². The largest absolute Gasteiger partial charge is 0.457 e. The number of nitrogens with one attached hydrogen (secondary N) is 3. The summed E-state index contributed by atoms with van der Waals surface area (Å²) in [6.07, 6.45) is 5.00. The lowest BCUT2D eigenvalue weighted by molar-refractivity contribution is 0.0635. The molecule has 14 heteroatoms. The zero-order chi connectivity index (χ0) is 35.3. The molecule has 0 atom stereocenters. The van der Waals surface area contributed by atoms with Crippen LogP contribution in [0.15, 0.2) is 73.1 Å². The maximum atomic E-state index is 14.1. The number of likely N-dealkylation sites (tertiary alicyclic amines) is 1. The number of carbonyl (C=O) groups excluding carboxylic acids is 3. The normalized spacial score (nSPS) is 14.6. The van der Waals surface area contributed by atoms with Crippen LogP contribution in [0.2, 0.25) is 0 Å². The van der Waals surface area contributed by atoms with E-state index in [2.05, 4.69) is 30.8 Å². The molecular formula is C36H41N9O5. The maximum Gasteiger partial charge on any atom is 0.412 e. The summed E-state index contributed by atoms with van der Waals surface area (Å²) in [7, 11) is 1.54. The number of aromatic nitrogens is 3. The Morgan fingerprint density at radius 3 is 2.44 bits per heavy atom. The molecule has 6 rings (SSSR count). The molecule has 0 unspecified atom stereocenters. The van der Waals surface area contributed by atoms with Crippen LogP contribution in [0.3, 0.4) is 0 Å². The quantitative estimate of drug-likeness (QED) is 0.174. The first-order valence-corrected chi connectivity index (χ1v) is 16.5. The van der Waals surface area contributed by atoms with Gasteiger partial charge in [-0.2, -0.15) is 4.98 Å². The highest BCUT2D eigenvalue weighted by molar-refractivity contribution is 6.01. The molecular weight excluding hydrogens is 638 g/mol. The lowest BCUT2D eigenvalue weighted by Crippen LogP contribution is -2.47. The van der Waals surface area contributed by atoms with Crippen LogP contribution < -0.4 is 25.6 Å². The van der Waals surface area contributed by atoms with E-state index in [4.69, 9.17) is 14.5 Å². The van der Waals surface area contributed by atoms with Gasteiger partial charge >= 0.3 is 12.1 Å². The van der Waals surface area contributed by atoms with Crippen molar-refractivity contribution in [3.05, 3.63) is 84.3 Å². The number of urea groups is 1. The molecule has 4 aromatic rings. The lowest BCUT2D eigenvalue weighted by atomic mass is 10.1. The van der Waals surface area contributed by atoms with Crippen molar-refractivity contribution in [2.45, 2.75) is 45.8 Å². The number of hydrogen-bond acceptors (Lipinski definition) is 10. The second-order valence-corrected chi connectivity index (χ2v) is 13.0. The molecule has 2 aromatic carbocycles. The van der Waals surface area contributed by atoms with E-state index in [1.165, 1.54) is 19.0 Å². The maximum absolute atomic E-state index is 14.1. The number of hydrogen-bond donors (Lipinski definition) is 3. The van der Waals surface area contributed by atoms with Gasteiger partial charge in [-0.1, -0.05) is 6.07 Å². The van der Waals surface area contributed by atoms with Gasteiger partial charge < -0.3 is 29.9 Å². The van der Waals surface area contributed by atoms with Crippen molar-refractivity contribution in [3.63, 3.8) is 0 Å². The minimum Gasteiger partial charge on any atom is -0.457 e. The van der Waals surface area contributed by atoms with Gasteiger partial charge in [0.25, 0.3) is 5.91 Å². The zero-order valence-corrected chi connectivity index (χ0v) is 28.6. The summed E-state index contributed by atoms with van der Waals surface area (Å²) in [5.74, 6) is 1.47. The van der Waals surface area contributed by atoms with Crippen LogP contribution in [-0.2, 0) is 11.3 Å². The highest BCUT2D eigenvalue weighted by atomic mass is 16.6. The predicted octanol–water partition coefficient (Wildman–Crippen LogP) is 6.28. The second-order valence-electron chi connectivity index (χ2n) is 13.0. The second kappa shape index (κ2) is 14.8. The van der Waals surface area contributed by atoms with Crippen LogP contribution in [0.4, 0.5) is 38.4 Å². The highest BCUT2D eigenvalue weighted by Gasteiger charge is 2.34. The van der Waals surface area contributed by atoms with Crippen LogP contribution in [0, 0.1) is 0 Å².